The lowest BCUT2D eigenvalue weighted by molar-refractivity contribution is -0.117. The molecule has 1 fully saturated rings. The summed E-state index contributed by atoms with van der Waals surface area (Å²) in [5, 5.41) is 3.63. The zero-order chi connectivity index (χ0) is 19.8. The van der Waals surface area contributed by atoms with E-state index in [9.17, 15) is 14.0 Å². The van der Waals surface area contributed by atoms with Crippen LogP contribution in [0.25, 0.3) is 11.0 Å². The van der Waals surface area contributed by atoms with Crippen molar-refractivity contribution in [2.75, 3.05) is 16.8 Å². The highest BCUT2D eigenvalue weighted by Crippen LogP contribution is 2.28. The average Bonchev–Trinajstić information content (AvgIpc) is 3.25. The highest BCUT2D eigenvalue weighted by atomic mass is 19.1. The Morgan fingerprint density at radius 1 is 1.25 bits per heavy atom. The first-order chi connectivity index (χ1) is 13.4. The first kappa shape index (κ1) is 18.2. The number of halogens is 1. The van der Waals surface area contributed by atoms with Gasteiger partial charge >= 0.3 is 0 Å². The molecule has 2 aromatic carbocycles. The van der Waals surface area contributed by atoms with E-state index < -0.39 is 5.82 Å². The zero-order valence-corrected chi connectivity index (χ0v) is 15.8. The largest absolute Gasteiger partial charge is 0.464 e. The van der Waals surface area contributed by atoms with Crippen LogP contribution >= 0.6 is 0 Å². The smallest absolute Gasteiger partial charge is 0.228 e. The van der Waals surface area contributed by atoms with Gasteiger partial charge in [0.1, 0.15) is 11.4 Å². The first-order valence-electron chi connectivity index (χ1n) is 9.30. The van der Waals surface area contributed by atoms with E-state index in [1.54, 1.807) is 12.3 Å². The van der Waals surface area contributed by atoms with Crippen LogP contribution in [0.1, 0.15) is 29.5 Å². The van der Waals surface area contributed by atoms with Gasteiger partial charge in [0.05, 0.1) is 18.4 Å². The number of fused-ring (bicyclic) bond motifs is 1. The third-order valence-electron chi connectivity index (χ3n) is 5.29. The van der Waals surface area contributed by atoms with Gasteiger partial charge in [0.15, 0.2) is 0 Å². The second kappa shape index (κ2) is 7.11. The molecule has 28 heavy (non-hydrogen) atoms. The molecule has 4 rings (SSSR count). The molecule has 0 radical (unpaired) electrons. The van der Waals surface area contributed by atoms with Crippen molar-refractivity contribution in [2.45, 2.75) is 33.1 Å². The molecule has 0 saturated carbocycles. The van der Waals surface area contributed by atoms with Gasteiger partial charge in [0.2, 0.25) is 11.8 Å². The van der Waals surface area contributed by atoms with Gasteiger partial charge in [0, 0.05) is 29.6 Å². The minimum Gasteiger partial charge on any atom is -0.464 e. The van der Waals surface area contributed by atoms with E-state index in [2.05, 4.69) is 5.32 Å². The Morgan fingerprint density at radius 2 is 2.07 bits per heavy atom. The van der Waals surface area contributed by atoms with Crippen LogP contribution in [0.3, 0.4) is 0 Å². The summed E-state index contributed by atoms with van der Waals surface area (Å²) < 4.78 is 20.1. The lowest BCUT2D eigenvalue weighted by Crippen LogP contribution is -2.24. The summed E-state index contributed by atoms with van der Waals surface area (Å²) in [4.78, 5) is 25.7. The maximum atomic E-state index is 14.4. The monoisotopic (exact) mass is 380 g/mol. The van der Waals surface area contributed by atoms with Crippen LogP contribution in [0, 0.1) is 19.7 Å². The van der Waals surface area contributed by atoms with Crippen LogP contribution in [0.4, 0.5) is 15.8 Å². The highest BCUT2D eigenvalue weighted by Gasteiger charge is 2.24. The molecule has 0 aliphatic carbocycles. The average molecular weight is 380 g/mol. The van der Waals surface area contributed by atoms with Crippen LogP contribution in [0.5, 0.6) is 0 Å². The molecule has 0 bridgehead atoms. The summed E-state index contributed by atoms with van der Waals surface area (Å²) in [6.45, 7) is 4.52. The predicted molar refractivity (Wildman–Crippen MR) is 106 cm³/mol. The third-order valence-corrected chi connectivity index (χ3v) is 5.29. The van der Waals surface area contributed by atoms with Crippen LogP contribution < -0.4 is 10.2 Å². The van der Waals surface area contributed by atoms with Crippen molar-refractivity contribution in [3.63, 3.8) is 0 Å². The molecule has 1 saturated heterocycles. The van der Waals surface area contributed by atoms with Crippen molar-refractivity contribution in [2.24, 2.45) is 0 Å². The van der Waals surface area contributed by atoms with Crippen molar-refractivity contribution >= 4 is 34.2 Å². The van der Waals surface area contributed by atoms with E-state index in [-0.39, 0.29) is 23.9 Å². The molecule has 5 nitrogen and oxygen atoms in total. The summed E-state index contributed by atoms with van der Waals surface area (Å²) in [7, 11) is 0. The number of carbonyl (C=O) groups is 2. The van der Waals surface area contributed by atoms with Crippen LogP contribution in [-0.4, -0.2) is 18.4 Å². The van der Waals surface area contributed by atoms with Gasteiger partial charge in [-0.2, -0.15) is 0 Å². The van der Waals surface area contributed by atoms with E-state index in [1.807, 2.05) is 26.0 Å². The summed E-state index contributed by atoms with van der Waals surface area (Å²) in [5.74, 6) is -0.855. The number of rotatable bonds is 4. The number of hydrogen-bond acceptors (Lipinski definition) is 3. The number of carbonyl (C=O) groups excluding carboxylic acids is 2. The van der Waals surface area contributed by atoms with Crippen LogP contribution in [-0.2, 0) is 16.0 Å². The van der Waals surface area contributed by atoms with E-state index in [0.717, 1.165) is 34.1 Å². The molecular formula is C22H21FN2O3. The number of amides is 2. The second-order valence-corrected chi connectivity index (χ2v) is 7.19. The Bertz CT molecular complexity index is 1090. The van der Waals surface area contributed by atoms with Gasteiger partial charge in [0.25, 0.3) is 0 Å². The number of nitrogens with zero attached hydrogens (tertiary/aromatic N) is 1. The van der Waals surface area contributed by atoms with Gasteiger partial charge in [-0.1, -0.05) is 12.1 Å². The fraction of sp³-hybridized carbons (Fsp3) is 0.273. The number of furan rings is 1. The SMILES string of the molecule is Cc1ccc2c(CC(=O)Nc3ccc(N4CCCC4=O)c(F)c3)coc2c1C. The Kier molecular flexibility index (Phi) is 4.63. The van der Waals surface area contributed by atoms with E-state index in [1.165, 1.54) is 17.0 Å². The number of hydrogen-bond donors (Lipinski definition) is 1. The highest BCUT2D eigenvalue weighted by molar-refractivity contribution is 5.97. The zero-order valence-electron chi connectivity index (χ0n) is 15.8. The van der Waals surface area contributed by atoms with Gasteiger partial charge in [-0.15, -0.1) is 0 Å². The van der Waals surface area contributed by atoms with Crippen molar-refractivity contribution < 1.29 is 18.4 Å². The molecule has 0 atom stereocenters. The molecule has 2 heterocycles. The molecule has 0 spiro atoms. The fourth-order valence-electron chi connectivity index (χ4n) is 3.61. The Morgan fingerprint density at radius 3 is 2.79 bits per heavy atom. The molecule has 1 aromatic heterocycles. The van der Waals surface area contributed by atoms with E-state index in [0.29, 0.717) is 18.7 Å². The van der Waals surface area contributed by atoms with E-state index in [4.69, 9.17) is 4.42 Å². The number of nitrogens with one attached hydrogen (secondary N) is 1. The minimum atomic E-state index is -0.520. The maximum Gasteiger partial charge on any atom is 0.228 e. The lowest BCUT2D eigenvalue weighted by Gasteiger charge is -2.17. The molecule has 1 N–H and O–H groups in total. The van der Waals surface area contributed by atoms with Gasteiger partial charge < -0.3 is 14.6 Å². The van der Waals surface area contributed by atoms with Crippen LogP contribution in [0.15, 0.2) is 41.0 Å². The standard InChI is InChI=1S/C22H21FN2O3/c1-13-5-7-17-15(12-28-22(17)14(13)2)10-20(26)24-16-6-8-19(18(23)11-16)25-9-3-4-21(25)27/h5-8,11-12H,3-4,9-10H2,1-2H3,(H,24,26). The lowest BCUT2D eigenvalue weighted by atomic mass is 10.0. The van der Waals surface area contributed by atoms with Crippen molar-refractivity contribution in [3.8, 4) is 0 Å². The summed E-state index contributed by atoms with van der Waals surface area (Å²) >= 11 is 0. The summed E-state index contributed by atoms with van der Waals surface area (Å²) in [5.41, 5.74) is 4.37. The molecular weight excluding hydrogens is 359 g/mol. The van der Waals surface area contributed by atoms with Gasteiger partial charge in [-0.3, -0.25) is 9.59 Å². The number of benzene rings is 2. The third kappa shape index (κ3) is 3.26. The maximum absolute atomic E-state index is 14.4. The molecule has 3 aromatic rings. The van der Waals surface area contributed by atoms with Crippen molar-refractivity contribution in [1.82, 2.24) is 0 Å². The van der Waals surface area contributed by atoms with Crippen molar-refractivity contribution in [3.05, 3.63) is 59.1 Å². The topological polar surface area (TPSA) is 62.6 Å². The Hall–Kier alpha value is -3.15. The molecule has 6 heteroatoms. The van der Waals surface area contributed by atoms with Gasteiger partial charge in [-0.05, 0) is 49.6 Å². The van der Waals surface area contributed by atoms with Gasteiger partial charge in [-0.25, -0.2) is 4.39 Å². The molecule has 144 valence electrons. The Balaban J connectivity index is 1.49. The van der Waals surface area contributed by atoms with Crippen LogP contribution in [0.2, 0.25) is 0 Å². The number of aryl methyl sites for hydroxylation is 2. The summed E-state index contributed by atoms with van der Waals surface area (Å²) in [6.07, 6.45) is 2.90. The molecule has 1 aliphatic heterocycles. The quantitative estimate of drug-likeness (QED) is 0.725. The fourth-order valence-corrected chi connectivity index (χ4v) is 3.61. The Labute approximate surface area is 162 Å². The molecule has 0 unspecified atom stereocenters. The molecule has 1 aliphatic rings. The van der Waals surface area contributed by atoms with Crippen molar-refractivity contribution in [1.29, 1.82) is 0 Å². The second-order valence-electron chi connectivity index (χ2n) is 7.19. The molecule has 2 amide bonds. The first-order valence-corrected chi connectivity index (χ1v) is 9.30. The minimum absolute atomic E-state index is 0.0759. The predicted octanol–water partition coefficient (Wildman–Crippen LogP) is 4.50. The normalized spacial score (nSPS) is 14.1. The number of anilines is 2. The van der Waals surface area contributed by atoms with E-state index >= 15 is 0 Å². The summed E-state index contributed by atoms with van der Waals surface area (Å²) in [6, 6.07) is 8.35.